The van der Waals surface area contributed by atoms with Crippen molar-refractivity contribution in [3.63, 3.8) is 0 Å². The molecule has 0 aromatic rings. The maximum absolute atomic E-state index is 10.8. The largest absolute Gasteiger partial charge is 0.303 e. The number of aldehydes is 1. The van der Waals surface area contributed by atoms with E-state index in [0.29, 0.717) is 5.92 Å². The molecular formula is C10H18O. The fraction of sp³-hybridized carbons (Fsp3) is 0.900. The molecule has 0 spiro atoms. The maximum Gasteiger partial charge on any atom is 0.126 e. The Morgan fingerprint density at radius 1 is 1.45 bits per heavy atom. The summed E-state index contributed by atoms with van der Waals surface area (Å²) in [5.41, 5.74) is 0.306. The lowest BCUT2D eigenvalue weighted by atomic mass is 9.88. The fourth-order valence-electron chi connectivity index (χ4n) is 2.07. The minimum atomic E-state index is 0.0289. The van der Waals surface area contributed by atoms with Gasteiger partial charge in [0, 0.05) is 5.41 Å². The minimum Gasteiger partial charge on any atom is -0.303 e. The van der Waals surface area contributed by atoms with Crippen LogP contribution in [-0.4, -0.2) is 6.29 Å². The van der Waals surface area contributed by atoms with E-state index in [0.717, 1.165) is 12.8 Å². The maximum atomic E-state index is 10.8. The predicted octanol–water partition coefficient (Wildman–Crippen LogP) is 2.65. The van der Waals surface area contributed by atoms with Crippen LogP contribution >= 0.6 is 0 Å². The van der Waals surface area contributed by atoms with Crippen LogP contribution in [0, 0.1) is 16.7 Å². The first-order chi connectivity index (χ1) is 4.93. The highest BCUT2D eigenvalue weighted by molar-refractivity contribution is 5.66. The van der Waals surface area contributed by atoms with E-state index in [1.54, 1.807) is 0 Å². The van der Waals surface area contributed by atoms with E-state index in [4.69, 9.17) is 0 Å². The van der Waals surface area contributed by atoms with Crippen LogP contribution in [-0.2, 0) is 4.79 Å². The zero-order valence-corrected chi connectivity index (χ0v) is 7.98. The van der Waals surface area contributed by atoms with E-state index in [1.807, 2.05) is 0 Å². The van der Waals surface area contributed by atoms with Gasteiger partial charge in [-0.05, 0) is 24.2 Å². The molecule has 0 heterocycles. The molecule has 0 N–H and O–H groups in total. The van der Waals surface area contributed by atoms with Crippen LogP contribution in [0.5, 0.6) is 0 Å². The Hall–Kier alpha value is -0.330. The predicted molar refractivity (Wildman–Crippen MR) is 46.4 cm³/mol. The van der Waals surface area contributed by atoms with Gasteiger partial charge in [0.25, 0.3) is 0 Å². The van der Waals surface area contributed by atoms with Crippen LogP contribution in [0.2, 0.25) is 0 Å². The molecule has 1 fully saturated rings. The van der Waals surface area contributed by atoms with Crippen LogP contribution < -0.4 is 0 Å². The van der Waals surface area contributed by atoms with Crippen LogP contribution in [0.4, 0.5) is 0 Å². The van der Waals surface area contributed by atoms with Gasteiger partial charge in [-0.15, -0.1) is 0 Å². The molecule has 0 radical (unpaired) electrons. The van der Waals surface area contributed by atoms with E-state index < -0.39 is 0 Å². The van der Waals surface area contributed by atoms with Crippen molar-refractivity contribution in [1.82, 2.24) is 0 Å². The third-order valence-electron chi connectivity index (χ3n) is 2.98. The van der Waals surface area contributed by atoms with Gasteiger partial charge in [-0.2, -0.15) is 0 Å². The Morgan fingerprint density at radius 2 is 1.91 bits per heavy atom. The summed E-state index contributed by atoms with van der Waals surface area (Å²) in [5.74, 6) is 0.641. The third kappa shape index (κ3) is 1.33. The molecule has 1 saturated carbocycles. The average molecular weight is 154 g/mol. The number of rotatable bonds is 3. The molecule has 0 bridgehead atoms. The highest BCUT2D eigenvalue weighted by Gasteiger charge is 2.60. The molecule has 11 heavy (non-hydrogen) atoms. The fourth-order valence-corrected chi connectivity index (χ4v) is 2.07. The SMILES string of the molecule is CC(C)CC1(C=O)CC1(C)C. The van der Waals surface area contributed by atoms with Crippen molar-refractivity contribution in [3.8, 4) is 0 Å². The van der Waals surface area contributed by atoms with Gasteiger partial charge in [-0.3, -0.25) is 0 Å². The first kappa shape index (κ1) is 8.76. The van der Waals surface area contributed by atoms with Crippen LogP contribution in [0.15, 0.2) is 0 Å². The number of hydrogen-bond acceptors (Lipinski definition) is 1. The summed E-state index contributed by atoms with van der Waals surface area (Å²) in [5, 5.41) is 0. The van der Waals surface area contributed by atoms with Gasteiger partial charge < -0.3 is 4.79 Å². The second kappa shape index (κ2) is 2.33. The molecule has 0 saturated heterocycles. The van der Waals surface area contributed by atoms with Crippen molar-refractivity contribution in [2.75, 3.05) is 0 Å². The van der Waals surface area contributed by atoms with Crippen molar-refractivity contribution < 1.29 is 4.79 Å². The topological polar surface area (TPSA) is 17.1 Å². The molecule has 1 atom stereocenters. The molecule has 64 valence electrons. The van der Waals surface area contributed by atoms with Gasteiger partial charge in [0.2, 0.25) is 0 Å². The molecule has 1 aliphatic carbocycles. The number of carbonyl (C=O) groups excluding carboxylic acids is 1. The monoisotopic (exact) mass is 154 g/mol. The molecule has 1 unspecified atom stereocenters. The Labute approximate surface area is 69.2 Å². The Morgan fingerprint density at radius 3 is 2.00 bits per heavy atom. The molecule has 0 aromatic heterocycles. The van der Waals surface area contributed by atoms with Crippen molar-refractivity contribution in [2.45, 2.75) is 40.5 Å². The Kier molecular flexibility index (Phi) is 1.85. The summed E-state index contributed by atoms with van der Waals surface area (Å²) < 4.78 is 0. The third-order valence-corrected chi connectivity index (χ3v) is 2.98. The first-order valence-corrected chi connectivity index (χ1v) is 4.40. The zero-order valence-electron chi connectivity index (χ0n) is 7.98. The van der Waals surface area contributed by atoms with Crippen molar-refractivity contribution in [2.24, 2.45) is 16.7 Å². The summed E-state index contributed by atoms with van der Waals surface area (Å²) in [7, 11) is 0. The molecular weight excluding hydrogens is 136 g/mol. The normalized spacial score (nSPS) is 33.9. The molecule has 1 aliphatic rings. The summed E-state index contributed by atoms with van der Waals surface area (Å²) in [6.45, 7) is 8.73. The molecule has 0 amide bonds. The summed E-state index contributed by atoms with van der Waals surface area (Å²) in [4.78, 5) is 10.8. The van der Waals surface area contributed by atoms with Crippen molar-refractivity contribution in [3.05, 3.63) is 0 Å². The van der Waals surface area contributed by atoms with Gasteiger partial charge in [0.05, 0.1) is 0 Å². The van der Waals surface area contributed by atoms with E-state index in [9.17, 15) is 4.79 Å². The summed E-state index contributed by atoms with van der Waals surface area (Å²) >= 11 is 0. The minimum absolute atomic E-state index is 0.0289. The molecule has 1 heteroatoms. The first-order valence-electron chi connectivity index (χ1n) is 4.40. The van der Waals surface area contributed by atoms with E-state index in [2.05, 4.69) is 27.7 Å². The lowest BCUT2D eigenvalue weighted by Crippen LogP contribution is -2.13. The smallest absolute Gasteiger partial charge is 0.126 e. The number of carbonyl (C=O) groups is 1. The molecule has 0 aliphatic heterocycles. The highest BCUT2D eigenvalue weighted by Crippen LogP contribution is 2.64. The standard InChI is InChI=1S/C10H18O/c1-8(2)5-10(7-11)6-9(10,3)4/h7-8H,5-6H2,1-4H3. The van der Waals surface area contributed by atoms with E-state index in [-0.39, 0.29) is 10.8 Å². The highest BCUT2D eigenvalue weighted by atomic mass is 16.1. The van der Waals surface area contributed by atoms with E-state index >= 15 is 0 Å². The second-order valence-electron chi connectivity index (χ2n) is 4.93. The van der Waals surface area contributed by atoms with Gasteiger partial charge in [-0.1, -0.05) is 27.7 Å². The van der Waals surface area contributed by atoms with Crippen LogP contribution in [0.3, 0.4) is 0 Å². The van der Waals surface area contributed by atoms with Gasteiger partial charge in [-0.25, -0.2) is 0 Å². The van der Waals surface area contributed by atoms with Gasteiger partial charge in [0.1, 0.15) is 6.29 Å². The second-order valence-corrected chi connectivity index (χ2v) is 4.93. The van der Waals surface area contributed by atoms with Crippen molar-refractivity contribution in [1.29, 1.82) is 0 Å². The van der Waals surface area contributed by atoms with Crippen LogP contribution in [0.1, 0.15) is 40.5 Å². The van der Waals surface area contributed by atoms with Gasteiger partial charge in [0.15, 0.2) is 0 Å². The lowest BCUT2D eigenvalue weighted by molar-refractivity contribution is -0.113. The zero-order chi connectivity index (χ0) is 8.70. The van der Waals surface area contributed by atoms with Gasteiger partial charge >= 0.3 is 0 Å². The molecule has 1 nitrogen and oxygen atoms in total. The molecule has 1 rings (SSSR count). The molecule has 0 aromatic carbocycles. The van der Waals surface area contributed by atoms with Crippen LogP contribution in [0.25, 0.3) is 0 Å². The Balaban J connectivity index is 2.60. The summed E-state index contributed by atoms with van der Waals surface area (Å²) in [6, 6.07) is 0. The van der Waals surface area contributed by atoms with E-state index in [1.165, 1.54) is 6.29 Å². The van der Waals surface area contributed by atoms with Crippen molar-refractivity contribution >= 4 is 6.29 Å². The number of hydrogen-bond donors (Lipinski definition) is 0. The quantitative estimate of drug-likeness (QED) is 0.571. The summed E-state index contributed by atoms with van der Waals surface area (Å²) in [6.07, 6.45) is 3.32. The average Bonchev–Trinajstić information content (AvgIpc) is 2.33. The lowest BCUT2D eigenvalue weighted by Gasteiger charge is -2.15. The Bertz CT molecular complexity index is 170.